The molecule has 0 saturated carbocycles. The van der Waals surface area contributed by atoms with Crippen LogP contribution in [0.5, 0.6) is 0 Å². The standard InChI is InChI=1S/C11H20O/c1-4-6-11(12)8-5-7-10(2,3)9-11/h5,7,12H,4,6,8-9H2,1-3H3. The number of hydrogen-bond donors (Lipinski definition) is 1. The summed E-state index contributed by atoms with van der Waals surface area (Å²) in [6.45, 7) is 6.50. The molecule has 1 heteroatoms. The van der Waals surface area contributed by atoms with Crippen LogP contribution in [0.3, 0.4) is 0 Å². The van der Waals surface area contributed by atoms with Gasteiger partial charge in [0.25, 0.3) is 0 Å². The predicted octanol–water partition coefficient (Wildman–Crippen LogP) is 2.89. The van der Waals surface area contributed by atoms with E-state index in [0.717, 1.165) is 25.7 Å². The molecule has 0 spiro atoms. The Labute approximate surface area is 75.5 Å². The summed E-state index contributed by atoms with van der Waals surface area (Å²) in [4.78, 5) is 0. The Morgan fingerprint density at radius 3 is 2.58 bits per heavy atom. The first-order valence-corrected chi connectivity index (χ1v) is 4.88. The van der Waals surface area contributed by atoms with Crippen molar-refractivity contribution in [3.8, 4) is 0 Å². The molecule has 1 unspecified atom stereocenters. The molecule has 1 nitrogen and oxygen atoms in total. The summed E-state index contributed by atoms with van der Waals surface area (Å²) >= 11 is 0. The third-order valence-electron chi connectivity index (χ3n) is 2.57. The van der Waals surface area contributed by atoms with Crippen molar-refractivity contribution in [3.63, 3.8) is 0 Å². The highest BCUT2D eigenvalue weighted by molar-refractivity contribution is 5.07. The van der Waals surface area contributed by atoms with Gasteiger partial charge in [0.15, 0.2) is 0 Å². The van der Waals surface area contributed by atoms with Crippen LogP contribution in [0.2, 0.25) is 0 Å². The Morgan fingerprint density at radius 2 is 2.08 bits per heavy atom. The molecular weight excluding hydrogens is 148 g/mol. The van der Waals surface area contributed by atoms with Crippen LogP contribution in [0.4, 0.5) is 0 Å². The first-order chi connectivity index (χ1) is 5.47. The molecule has 0 aliphatic heterocycles. The van der Waals surface area contributed by atoms with Crippen LogP contribution in [-0.2, 0) is 0 Å². The van der Waals surface area contributed by atoms with Crippen LogP contribution < -0.4 is 0 Å². The molecule has 0 heterocycles. The molecule has 0 radical (unpaired) electrons. The normalized spacial score (nSPS) is 33.7. The predicted molar refractivity (Wildman–Crippen MR) is 52.0 cm³/mol. The van der Waals surface area contributed by atoms with Crippen molar-refractivity contribution in [1.82, 2.24) is 0 Å². The van der Waals surface area contributed by atoms with Gasteiger partial charge in [0.2, 0.25) is 0 Å². The van der Waals surface area contributed by atoms with Gasteiger partial charge in [-0.3, -0.25) is 0 Å². The van der Waals surface area contributed by atoms with Crippen molar-refractivity contribution < 1.29 is 5.11 Å². The highest BCUT2D eigenvalue weighted by atomic mass is 16.3. The van der Waals surface area contributed by atoms with Crippen LogP contribution in [0.1, 0.15) is 46.5 Å². The van der Waals surface area contributed by atoms with E-state index in [2.05, 4.69) is 32.9 Å². The van der Waals surface area contributed by atoms with Crippen molar-refractivity contribution in [2.45, 2.75) is 52.1 Å². The van der Waals surface area contributed by atoms with E-state index in [1.165, 1.54) is 0 Å². The number of rotatable bonds is 2. The third kappa shape index (κ3) is 2.34. The van der Waals surface area contributed by atoms with Crippen molar-refractivity contribution in [3.05, 3.63) is 12.2 Å². The zero-order chi connectivity index (χ0) is 9.24. The Balaban J connectivity index is 2.66. The van der Waals surface area contributed by atoms with Gasteiger partial charge in [0.05, 0.1) is 5.60 Å². The third-order valence-corrected chi connectivity index (χ3v) is 2.57. The van der Waals surface area contributed by atoms with Gasteiger partial charge in [-0.2, -0.15) is 0 Å². The molecule has 0 bridgehead atoms. The lowest BCUT2D eigenvalue weighted by molar-refractivity contribution is -0.00484. The molecule has 0 aromatic heterocycles. The fraction of sp³-hybridized carbons (Fsp3) is 0.818. The van der Waals surface area contributed by atoms with E-state index in [1.807, 2.05) is 0 Å². The summed E-state index contributed by atoms with van der Waals surface area (Å²) in [5, 5.41) is 10.2. The first-order valence-electron chi connectivity index (χ1n) is 4.88. The lowest BCUT2D eigenvalue weighted by Gasteiger charge is -2.37. The number of aliphatic hydroxyl groups is 1. The second-order valence-electron chi connectivity index (χ2n) is 4.75. The van der Waals surface area contributed by atoms with Gasteiger partial charge >= 0.3 is 0 Å². The minimum absolute atomic E-state index is 0.183. The van der Waals surface area contributed by atoms with E-state index in [0.29, 0.717) is 0 Å². The van der Waals surface area contributed by atoms with Gasteiger partial charge in [0, 0.05) is 0 Å². The maximum absolute atomic E-state index is 10.2. The van der Waals surface area contributed by atoms with Crippen LogP contribution in [0.25, 0.3) is 0 Å². The van der Waals surface area contributed by atoms with Crippen LogP contribution in [0, 0.1) is 5.41 Å². The van der Waals surface area contributed by atoms with E-state index in [9.17, 15) is 5.11 Å². The minimum Gasteiger partial charge on any atom is -0.390 e. The molecule has 70 valence electrons. The second kappa shape index (κ2) is 3.21. The molecule has 1 N–H and O–H groups in total. The van der Waals surface area contributed by atoms with Crippen molar-refractivity contribution in [2.24, 2.45) is 5.41 Å². The fourth-order valence-corrected chi connectivity index (χ4v) is 2.23. The SMILES string of the molecule is CCCC1(O)CC=CC(C)(C)C1. The molecular formula is C11H20O. The summed E-state index contributed by atoms with van der Waals surface area (Å²) in [7, 11) is 0. The summed E-state index contributed by atoms with van der Waals surface area (Å²) in [5.74, 6) is 0. The number of allylic oxidation sites excluding steroid dienone is 1. The molecule has 1 atom stereocenters. The molecule has 0 fully saturated rings. The van der Waals surface area contributed by atoms with E-state index in [-0.39, 0.29) is 5.41 Å². The Hall–Kier alpha value is -0.300. The summed E-state index contributed by atoms with van der Waals surface area (Å²) < 4.78 is 0. The minimum atomic E-state index is -0.424. The maximum Gasteiger partial charge on any atom is 0.0690 e. The summed E-state index contributed by atoms with van der Waals surface area (Å²) in [6.07, 6.45) is 8.09. The fourth-order valence-electron chi connectivity index (χ4n) is 2.23. The van der Waals surface area contributed by atoms with Gasteiger partial charge in [-0.05, 0) is 24.7 Å². The van der Waals surface area contributed by atoms with E-state index >= 15 is 0 Å². The zero-order valence-electron chi connectivity index (χ0n) is 8.43. The van der Waals surface area contributed by atoms with E-state index in [1.54, 1.807) is 0 Å². The highest BCUT2D eigenvalue weighted by Gasteiger charge is 2.34. The molecule has 0 aromatic rings. The quantitative estimate of drug-likeness (QED) is 0.629. The topological polar surface area (TPSA) is 20.2 Å². The lowest BCUT2D eigenvalue weighted by atomic mass is 9.73. The summed E-state index contributed by atoms with van der Waals surface area (Å²) in [6, 6.07) is 0. The average Bonchev–Trinajstić information content (AvgIpc) is 1.83. The molecule has 0 saturated heterocycles. The van der Waals surface area contributed by atoms with Gasteiger partial charge in [-0.15, -0.1) is 0 Å². The Morgan fingerprint density at radius 1 is 1.42 bits per heavy atom. The maximum atomic E-state index is 10.2. The van der Waals surface area contributed by atoms with Gasteiger partial charge in [-0.1, -0.05) is 39.3 Å². The molecule has 0 amide bonds. The second-order valence-corrected chi connectivity index (χ2v) is 4.75. The highest BCUT2D eigenvalue weighted by Crippen LogP contribution is 2.38. The van der Waals surface area contributed by atoms with Gasteiger partial charge in [-0.25, -0.2) is 0 Å². The largest absolute Gasteiger partial charge is 0.390 e. The molecule has 1 aliphatic carbocycles. The Kier molecular flexibility index (Phi) is 2.62. The van der Waals surface area contributed by atoms with Crippen molar-refractivity contribution in [2.75, 3.05) is 0 Å². The lowest BCUT2D eigenvalue weighted by Crippen LogP contribution is -2.36. The monoisotopic (exact) mass is 168 g/mol. The van der Waals surface area contributed by atoms with Gasteiger partial charge in [0.1, 0.15) is 0 Å². The van der Waals surface area contributed by atoms with Crippen molar-refractivity contribution >= 4 is 0 Å². The van der Waals surface area contributed by atoms with Crippen LogP contribution in [-0.4, -0.2) is 10.7 Å². The van der Waals surface area contributed by atoms with E-state index < -0.39 is 5.60 Å². The van der Waals surface area contributed by atoms with Crippen molar-refractivity contribution in [1.29, 1.82) is 0 Å². The molecule has 0 aromatic carbocycles. The summed E-state index contributed by atoms with van der Waals surface area (Å²) in [5.41, 5.74) is -0.241. The molecule has 1 rings (SSSR count). The average molecular weight is 168 g/mol. The van der Waals surface area contributed by atoms with Crippen LogP contribution in [0.15, 0.2) is 12.2 Å². The Bertz CT molecular complexity index is 181. The van der Waals surface area contributed by atoms with Crippen LogP contribution >= 0.6 is 0 Å². The molecule has 12 heavy (non-hydrogen) atoms. The van der Waals surface area contributed by atoms with E-state index in [4.69, 9.17) is 0 Å². The zero-order valence-corrected chi connectivity index (χ0v) is 8.43. The van der Waals surface area contributed by atoms with Gasteiger partial charge < -0.3 is 5.11 Å². The number of hydrogen-bond acceptors (Lipinski definition) is 1. The molecule has 1 aliphatic rings. The smallest absolute Gasteiger partial charge is 0.0690 e. The first kappa shape index (κ1) is 9.79.